The Labute approximate surface area is 136 Å². The highest BCUT2D eigenvalue weighted by molar-refractivity contribution is 5.78. The van der Waals surface area contributed by atoms with Crippen molar-refractivity contribution >= 4 is 5.91 Å². The summed E-state index contributed by atoms with van der Waals surface area (Å²) in [7, 11) is 0. The van der Waals surface area contributed by atoms with Crippen molar-refractivity contribution in [2.75, 3.05) is 19.8 Å². The SMILES string of the molecule is N#CCc1ccc(OCC(=O)N2CCO[C@@H]3CCCC[C@H]32)cc1. The summed E-state index contributed by atoms with van der Waals surface area (Å²) in [4.78, 5) is 14.4. The van der Waals surface area contributed by atoms with Gasteiger partial charge >= 0.3 is 0 Å². The Morgan fingerprint density at radius 1 is 1.30 bits per heavy atom. The van der Waals surface area contributed by atoms with Crippen LogP contribution in [-0.2, 0) is 16.0 Å². The lowest BCUT2D eigenvalue weighted by molar-refractivity contribution is -0.151. The lowest BCUT2D eigenvalue weighted by Crippen LogP contribution is -2.55. The van der Waals surface area contributed by atoms with E-state index >= 15 is 0 Å². The first kappa shape index (κ1) is 15.8. The minimum Gasteiger partial charge on any atom is -0.484 e. The number of nitriles is 1. The van der Waals surface area contributed by atoms with E-state index in [-0.39, 0.29) is 24.7 Å². The largest absolute Gasteiger partial charge is 0.484 e. The number of rotatable bonds is 4. The summed E-state index contributed by atoms with van der Waals surface area (Å²) in [5.74, 6) is 0.694. The molecule has 1 heterocycles. The van der Waals surface area contributed by atoms with Crippen molar-refractivity contribution in [2.45, 2.75) is 44.2 Å². The van der Waals surface area contributed by atoms with Crippen LogP contribution in [0.4, 0.5) is 0 Å². The van der Waals surface area contributed by atoms with Gasteiger partial charge in [-0.2, -0.15) is 5.26 Å². The minimum absolute atomic E-state index is 0.0336. The number of morpholine rings is 1. The van der Waals surface area contributed by atoms with Gasteiger partial charge in [0.05, 0.1) is 31.2 Å². The zero-order valence-corrected chi connectivity index (χ0v) is 13.2. The maximum Gasteiger partial charge on any atom is 0.260 e. The monoisotopic (exact) mass is 314 g/mol. The number of nitrogens with zero attached hydrogens (tertiary/aromatic N) is 2. The van der Waals surface area contributed by atoms with E-state index in [0.29, 0.717) is 25.3 Å². The lowest BCUT2D eigenvalue weighted by Gasteiger charge is -2.43. The first-order chi connectivity index (χ1) is 11.3. The van der Waals surface area contributed by atoms with Crippen LogP contribution in [0.15, 0.2) is 24.3 Å². The van der Waals surface area contributed by atoms with Gasteiger partial charge in [-0.15, -0.1) is 0 Å². The summed E-state index contributed by atoms with van der Waals surface area (Å²) >= 11 is 0. The molecule has 122 valence electrons. The molecule has 0 N–H and O–H groups in total. The van der Waals surface area contributed by atoms with Crippen molar-refractivity contribution in [2.24, 2.45) is 0 Å². The van der Waals surface area contributed by atoms with Crippen LogP contribution in [0.5, 0.6) is 5.75 Å². The lowest BCUT2D eigenvalue weighted by atomic mass is 9.90. The number of hydrogen-bond acceptors (Lipinski definition) is 4. The van der Waals surface area contributed by atoms with E-state index in [1.807, 2.05) is 29.2 Å². The molecule has 0 radical (unpaired) electrons. The van der Waals surface area contributed by atoms with Crippen molar-refractivity contribution in [3.8, 4) is 11.8 Å². The first-order valence-electron chi connectivity index (χ1n) is 8.27. The number of carbonyl (C=O) groups excluding carboxylic acids is 1. The Balaban J connectivity index is 1.55. The van der Waals surface area contributed by atoms with Crippen LogP contribution in [0.2, 0.25) is 0 Å². The van der Waals surface area contributed by atoms with Gasteiger partial charge in [0.15, 0.2) is 6.61 Å². The highest BCUT2D eigenvalue weighted by Gasteiger charge is 2.36. The van der Waals surface area contributed by atoms with Gasteiger partial charge in [0, 0.05) is 6.54 Å². The molecule has 3 rings (SSSR count). The molecule has 2 atom stereocenters. The van der Waals surface area contributed by atoms with Gasteiger partial charge in [0.1, 0.15) is 5.75 Å². The molecule has 1 aromatic rings. The molecule has 0 bridgehead atoms. The molecule has 1 saturated carbocycles. The molecule has 2 fully saturated rings. The number of fused-ring (bicyclic) bond motifs is 1. The van der Waals surface area contributed by atoms with E-state index in [4.69, 9.17) is 14.7 Å². The maximum atomic E-state index is 12.5. The number of benzene rings is 1. The molecule has 1 amide bonds. The highest BCUT2D eigenvalue weighted by atomic mass is 16.5. The average molecular weight is 314 g/mol. The van der Waals surface area contributed by atoms with Crippen LogP contribution in [0.3, 0.4) is 0 Å². The number of amides is 1. The van der Waals surface area contributed by atoms with Gasteiger partial charge in [-0.3, -0.25) is 4.79 Å². The molecular formula is C18H22N2O3. The summed E-state index contributed by atoms with van der Waals surface area (Å²) in [5.41, 5.74) is 0.949. The molecule has 0 spiro atoms. The summed E-state index contributed by atoms with van der Waals surface area (Å²) in [6.07, 6.45) is 5.02. The Hall–Kier alpha value is -2.06. The number of hydrogen-bond donors (Lipinski definition) is 0. The van der Waals surface area contributed by atoms with Gasteiger partial charge in [0.2, 0.25) is 0 Å². The highest BCUT2D eigenvalue weighted by Crippen LogP contribution is 2.28. The quantitative estimate of drug-likeness (QED) is 0.855. The molecule has 5 heteroatoms. The molecule has 5 nitrogen and oxygen atoms in total. The van der Waals surface area contributed by atoms with Gasteiger partial charge in [0.25, 0.3) is 5.91 Å². The number of ether oxygens (including phenoxy) is 2. The minimum atomic E-state index is 0.0336. The van der Waals surface area contributed by atoms with Crippen LogP contribution in [0.1, 0.15) is 31.2 Å². The summed E-state index contributed by atoms with van der Waals surface area (Å²) in [5, 5.41) is 8.66. The Morgan fingerprint density at radius 2 is 2.09 bits per heavy atom. The second-order valence-electron chi connectivity index (χ2n) is 6.12. The smallest absolute Gasteiger partial charge is 0.260 e. The maximum absolute atomic E-state index is 12.5. The Bertz CT molecular complexity index is 577. The summed E-state index contributed by atoms with van der Waals surface area (Å²) < 4.78 is 11.4. The normalized spacial score (nSPS) is 23.7. The fourth-order valence-electron chi connectivity index (χ4n) is 3.43. The molecule has 1 saturated heterocycles. The molecule has 0 unspecified atom stereocenters. The molecule has 2 aliphatic rings. The average Bonchev–Trinajstić information content (AvgIpc) is 2.60. The molecule has 1 aromatic carbocycles. The first-order valence-corrected chi connectivity index (χ1v) is 8.27. The van der Waals surface area contributed by atoms with Crippen LogP contribution < -0.4 is 4.74 Å². The van der Waals surface area contributed by atoms with Gasteiger partial charge in [-0.25, -0.2) is 0 Å². The fraction of sp³-hybridized carbons (Fsp3) is 0.556. The van der Waals surface area contributed by atoms with Gasteiger partial charge < -0.3 is 14.4 Å². The number of carbonyl (C=O) groups is 1. The Morgan fingerprint density at radius 3 is 2.87 bits per heavy atom. The van der Waals surface area contributed by atoms with E-state index in [1.165, 1.54) is 6.42 Å². The van der Waals surface area contributed by atoms with E-state index in [9.17, 15) is 4.79 Å². The molecule has 1 aliphatic heterocycles. The van der Waals surface area contributed by atoms with E-state index in [2.05, 4.69) is 6.07 Å². The van der Waals surface area contributed by atoms with Crippen molar-refractivity contribution in [1.82, 2.24) is 4.90 Å². The predicted molar refractivity (Wildman–Crippen MR) is 85.0 cm³/mol. The summed E-state index contributed by atoms with van der Waals surface area (Å²) in [6.45, 7) is 1.33. The van der Waals surface area contributed by atoms with Crippen molar-refractivity contribution < 1.29 is 14.3 Å². The zero-order valence-electron chi connectivity index (χ0n) is 13.2. The molecule has 23 heavy (non-hydrogen) atoms. The fourth-order valence-corrected chi connectivity index (χ4v) is 3.43. The standard InChI is InChI=1S/C18H22N2O3/c19-10-9-14-5-7-15(8-6-14)23-13-18(21)20-11-12-22-17-4-2-1-3-16(17)20/h5-8,16-17H,1-4,9,11-13H2/t16-,17-/m1/s1. The molecule has 0 aromatic heterocycles. The van der Waals surface area contributed by atoms with E-state index in [1.54, 1.807) is 0 Å². The van der Waals surface area contributed by atoms with E-state index < -0.39 is 0 Å². The second-order valence-corrected chi connectivity index (χ2v) is 6.12. The third-order valence-corrected chi connectivity index (χ3v) is 4.62. The van der Waals surface area contributed by atoms with Gasteiger partial charge in [-0.05, 0) is 30.5 Å². The summed E-state index contributed by atoms with van der Waals surface area (Å²) in [6, 6.07) is 9.65. The van der Waals surface area contributed by atoms with Crippen molar-refractivity contribution in [3.63, 3.8) is 0 Å². The van der Waals surface area contributed by atoms with E-state index in [0.717, 1.165) is 24.8 Å². The zero-order chi connectivity index (χ0) is 16.1. The van der Waals surface area contributed by atoms with Crippen molar-refractivity contribution in [1.29, 1.82) is 5.26 Å². The Kier molecular flexibility index (Phi) is 5.14. The topological polar surface area (TPSA) is 62.6 Å². The van der Waals surface area contributed by atoms with Crippen LogP contribution >= 0.6 is 0 Å². The van der Waals surface area contributed by atoms with Crippen LogP contribution in [-0.4, -0.2) is 42.7 Å². The molecule has 1 aliphatic carbocycles. The second kappa shape index (κ2) is 7.47. The third kappa shape index (κ3) is 3.83. The van der Waals surface area contributed by atoms with Crippen LogP contribution in [0.25, 0.3) is 0 Å². The predicted octanol–water partition coefficient (Wildman–Crippen LogP) is 2.30. The van der Waals surface area contributed by atoms with Crippen molar-refractivity contribution in [3.05, 3.63) is 29.8 Å². The third-order valence-electron chi connectivity index (χ3n) is 4.62. The van der Waals surface area contributed by atoms with Crippen LogP contribution in [0, 0.1) is 11.3 Å². The van der Waals surface area contributed by atoms with Gasteiger partial charge in [-0.1, -0.05) is 25.0 Å². The molecular weight excluding hydrogens is 292 g/mol.